The lowest BCUT2D eigenvalue weighted by Crippen LogP contribution is -2.27. The molecule has 138 valence electrons. The van der Waals surface area contributed by atoms with Crippen molar-refractivity contribution in [3.8, 4) is 11.3 Å². The Morgan fingerprint density at radius 3 is 2.50 bits per heavy atom. The maximum Gasteiger partial charge on any atom is 0.165 e. The molecule has 0 atom stereocenters. The van der Waals surface area contributed by atoms with E-state index in [1.807, 2.05) is 12.3 Å². The minimum Gasteiger partial charge on any atom is -0.356 e. The van der Waals surface area contributed by atoms with Gasteiger partial charge >= 0.3 is 0 Å². The predicted molar refractivity (Wildman–Crippen MR) is 108 cm³/mol. The summed E-state index contributed by atoms with van der Waals surface area (Å²) in [5, 5.41) is 0. The first kappa shape index (κ1) is 18.8. The van der Waals surface area contributed by atoms with E-state index in [1.54, 1.807) is 12.3 Å². The quantitative estimate of drug-likeness (QED) is 0.508. The zero-order chi connectivity index (χ0) is 18.7. The second kappa shape index (κ2) is 8.16. The Morgan fingerprint density at radius 1 is 1.15 bits per heavy atom. The second-order valence-electron chi connectivity index (χ2n) is 6.32. The Balaban J connectivity index is 2.23. The number of halogens is 2. The lowest BCUT2D eigenvalue weighted by Gasteiger charge is -2.24. The summed E-state index contributed by atoms with van der Waals surface area (Å²) in [5.41, 5.74) is 2.78. The van der Waals surface area contributed by atoms with E-state index in [1.165, 1.54) is 6.07 Å². The van der Waals surface area contributed by atoms with Gasteiger partial charge in [0, 0.05) is 35.5 Å². The molecule has 0 aliphatic rings. The third-order valence-corrected chi connectivity index (χ3v) is 4.89. The van der Waals surface area contributed by atoms with E-state index in [9.17, 15) is 4.39 Å². The molecular weight excluding hydrogens is 395 g/mol. The largest absolute Gasteiger partial charge is 0.356 e. The number of nitrogens with zero attached hydrogens (tertiary/aromatic N) is 4. The summed E-state index contributed by atoms with van der Waals surface area (Å²) in [6.07, 6.45) is 6.61. The van der Waals surface area contributed by atoms with Crippen LogP contribution in [-0.2, 0) is 6.42 Å². The topological polar surface area (TPSA) is 33.4 Å². The van der Waals surface area contributed by atoms with E-state index < -0.39 is 0 Å². The van der Waals surface area contributed by atoms with Crippen molar-refractivity contribution in [1.82, 2.24) is 14.4 Å². The number of fused-ring (bicyclic) bond motifs is 1. The average Bonchev–Trinajstić information content (AvgIpc) is 3.00. The number of imidazole rings is 1. The molecule has 26 heavy (non-hydrogen) atoms. The number of hydrogen-bond acceptors (Lipinski definition) is 3. The molecule has 0 unspecified atom stereocenters. The first-order valence-corrected chi connectivity index (χ1v) is 9.96. The molecule has 6 heteroatoms. The fraction of sp³-hybridized carbons (Fsp3) is 0.400. The Labute approximate surface area is 162 Å². The van der Waals surface area contributed by atoms with Crippen molar-refractivity contribution < 1.29 is 4.39 Å². The molecule has 4 nitrogen and oxygen atoms in total. The van der Waals surface area contributed by atoms with Crippen LogP contribution in [0, 0.1) is 5.82 Å². The van der Waals surface area contributed by atoms with Gasteiger partial charge in [-0.1, -0.05) is 36.7 Å². The monoisotopic (exact) mass is 418 g/mol. The number of hydrogen-bond donors (Lipinski definition) is 0. The summed E-state index contributed by atoms with van der Waals surface area (Å²) in [4.78, 5) is 11.7. The van der Waals surface area contributed by atoms with E-state index in [0.29, 0.717) is 21.4 Å². The molecule has 3 aromatic rings. The molecule has 3 rings (SSSR count). The molecule has 0 bridgehead atoms. The molecule has 0 aliphatic heterocycles. The fourth-order valence-electron chi connectivity index (χ4n) is 3.32. The van der Waals surface area contributed by atoms with Crippen LogP contribution in [0.1, 0.15) is 39.3 Å². The van der Waals surface area contributed by atoms with Crippen LogP contribution in [0.3, 0.4) is 0 Å². The lowest BCUT2D eigenvalue weighted by molar-refractivity contribution is 0.630. The first-order chi connectivity index (χ1) is 12.6. The third-order valence-electron chi connectivity index (χ3n) is 4.39. The van der Waals surface area contributed by atoms with Crippen molar-refractivity contribution in [2.24, 2.45) is 0 Å². The molecule has 1 aromatic carbocycles. The van der Waals surface area contributed by atoms with Crippen LogP contribution in [0.5, 0.6) is 0 Å². The van der Waals surface area contributed by atoms with Crippen LogP contribution in [0.4, 0.5) is 10.2 Å². The highest BCUT2D eigenvalue weighted by Gasteiger charge is 2.20. The maximum absolute atomic E-state index is 14.5. The van der Waals surface area contributed by atoms with E-state index in [2.05, 4.69) is 51.0 Å². The Morgan fingerprint density at radius 2 is 1.88 bits per heavy atom. The SMILES string of the molecule is CCCN(CCC)c1c(CC)nc2c(-c3ccc(Br)cc3F)nccn12. The van der Waals surface area contributed by atoms with E-state index in [4.69, 9.17) is 4.98 Å². The molecule has 2 aromatic heterocycles. The van der Waals surface area contributed by atoms with Gasteiger partial charge in [0.25, 0.3) is 0 Å². The summed E-state index contributed by atoms with van der Waals surface area (Å²) < 4.78 is 17.3. The fourth-order valence-corrected chi connectivity index (χ4v) is 3.65. The summed E-state index contributed by atoms with van der Waals surface area (Å²) >= 11 is 3.31. The van der Waals surface area contributed by atoms with Gasteiger partial charge < -0.3 is 4.90 Å². The van der Waals surface area contributed by atoms with Crippen LogP contribution in [-0.4, -0.2) is 27.5 Å². The maximum atomic E-state index is 14.5. The number of rotatable bonds is 7. The molecule has 0 radical (unpaired) electrons. The third kappa shape index (κ3) is 3.47. The van der Waals surface area contributed by atoms with Crippen LogP contribution in [0.2, 0.25) is 0 Å². The van der Waals surface area contributed by atoms with Gasteiger partial charge in [0.1, 0.15) is 17.3 Å². The van der Waals surface area contributed by atoms with E-state index in [0.717, 1.165) is 43.9 Å². The van der Waals surface area contributed by atoms with Crippen molar-refractivity contribution in [2.75, 3.05) is 18.0 Å². The van der Waals surface area contributed by atoms with Gasteiger partial charge in [-0.3, -0.25) is 9.38 Å². The molecule has 0 saturated heterocycles. The first-order valence-electron chi connectivity index (χ1n) is 9.16. The van der Waals surface area contributed by atoms with Gasteiger partial charge in [-0.2, -0.15) is 0 Å². The smallest absolute Gasteiger partial charge is 0.165 e. The van der Waals surface area contributed by atoms with Gasteiger partial charge in [-0.15, -0.1) is 0 Å². The van der Waals surface area contributed by atoms with Crippen molar-refractivity contribution in [3.05, 3.63) is 46.6 Å². The zero-order valence-electron chi connectivity index (χ0n) is 15.5. The minimum absolute atomic E-state index is 0.304. The summed E-state index contributed by atoms with van der Waals surface area (Å²) in [6.45, 7) is 8.41. The molecule has 0 spiro atoms. The van der Waals surface area contributed by atoms with E-state index in [-0.39, 0.29) is 5.82 Å². The van der Waals surface area contributed by atoms with Gasteiger partial charge in [-0.05, 0) is 37.5 Å². The predicted octanol–water partition coefficient (Wildman–Crippen LogP) is 5.49. The minimum atomic E-state index is -0.304. The van der Waals surface area contributed by atoms with Crippen molar-refractivity contribution in [1.29, 1.82) is 0 Å². The van der Waals surface area contributed by atoms with Crippen molar-refractivity contribution in [3.63, 3.8) is 0 Å². The Kier molecular flexibility index (Phi) is 5.91. The van der Waals surface area contributed by atoms with Crippen LogP contribution in [0.15, 0.2) is 35.1 Å². The van der Waals surface area contributed by atoms with Gasteiger partial charge in [0.05, 0.1) is 5.69 Å². The highest BCUT2D eigenvalue weighted by atomic mass is 79.9. The van der Waals surface area contributed by atoms with Crippen LogP contribution in [0.25, 0.3) is 16.9 Å². The molecular formula is C20H24BrFN4. The summed E-state index contributed by atoms with van der Waals surface area (Å²) in [7, 11) is 0. The number of anilines is 1. The van der Waals surface area contributed by atoms with Crippen molar-refractivity contribution in [2.45, 2.75) is 40.0 Å². The van der Waals surface area contributed by atoms with Crippen LogP contribution >= 0.6 is 15.9 Å². The van der Waals surface area contributed by atoms with Gasteiger partial charge in [-0.25, -0.2) is 9.37 Å². The summed E-state index contributed by atoms with van der Waals surface area (Å²) in [6, 6.07) is 5.04. The van der Waals surface area contributed by atoms with Gasteiger partial charge in [0.2, 0.25) is 0 Å². The number of benzene rings is 1. The highest BCUT2D eigenvalue weighted by molar-refractivity contribution is 9.10. The van der Waals surface area contributed by atoms with Gasteiger partial charge in [0.15, 0.2) is 5.65 Å². The second-order valence-corrected chi connectivity index (χ2v) is 7.23. The normalized spacial score (nSPS) is 11.3. The zero-order valence-corrected chi connectivity index (χ0v) is 17.1. The standard InChI is InChI=1S/C20H24BrFN4/c1-4-10-25(11-5-2)20-17(6-3)24-19-18(23-9-12-26(19)20)15-8-7-14(21)13-16(15)22/h7-9,12-13H,4-6,10-11H2,1-3H3. The lowest BCUT2D eigenvalue weighted by atomic mass is 10.1. The molecule has 0 N–H and O–H groups in total. The number of aromatic nitrogens is 3. The molecule has 2 heterocycles. The molecule has 0 aliphatic carbocycles. The Bertz CT molecular complexity index is 900. The Hall–Kier alpha value is -1.95. The molecule has 0 saturated carbocycles. The molecule has 0 fully saturated rings. The summed E-state index contributed by atoms with van der Waals surface area (Å²) in [5.74, 6) is 0.800. The highest BCUT2D eigenvalue weighted by Crippen LogP contribution is 2.31. The van der Waals surface area contributed by atoms with Crippen LogP contribution < -0.4 is 4.90 Å². The van der Waals surface area contributed by atoms with Crippen molar-refractivity contribution >= 4 is 27.4 Å². The number of aryl methyl sites for hydroxylation is 1. The molecule has 0 amide bonds. The average molecular weight is 419 g/mol. The van der Waals surface area contributed by atoms with E-state index >= 15 is 0 Å².